The lowest BCUT2D eigenvalue weighted by Crippen LogP contribution is -2.52. The quantitative estimate of drug-likeness (QED) is 0.841. The summed E-state index contributed by atoms with van der Waals surface area (Å²) >= 11 is 0. The van der Waals surface area contributed by atoms with Gasteiger partial charge < -0.3 is 10.4 Å². The number of carbonyl (C=O) groups is 2. The van der Waals surface area contributed by atoms with Crippen molar-refractivity contribution in [2.24, 2.45) is 0 Å². The van der Waals surface area contributed by atoms with Gasteiger partial charge in [0, 0.05) is 5.56 Å². The molecule has 98 valence electrons. The standard InChI is InChI=1S/C14H19NO3/c1-4-9-14(3,13(17)18)15-12(16)11-7-5-10(2)6-8-11/h5-8H,4,9H2,1-3H3,(H,15,16)(H,17,18). The van der Waals surface area contributed by atoms with Crippen molar-refractivity contribution in [1.82, 2.24) is 5.32 Å². The van der Waals surface area contributed by atoms with Crippen LogP contribution in [0.1, 0.15) is 42.6 Å². The summed E-state index contributed by atoms with van der Waals surface area (Å²) in [5.74, 6) is -1.36. The highest BCUT2D eigenvalue weighted by atomic mass is 16.4. The average Bonchev–Trinajstić information content (AvgIpc) is 2.29. The molecule has 1 aromatic rings. The van der Waals surface area contributed by atoms with Crippen molar-refractivity contribution in [1.29, 1.82) is 0 Å². The summed E-state index contributed by atoms with van der Waals surface area (Å²) in [6.07, 6.45) is 1.09. The monoisotopic (exact) mass is 249 g/mol. The number of nitrogens with one attached hydrogen (secondary N) is 1. The van der Waals surface area contributed by atoms with Crippen LogP contribution in [-0.2, 0) is 4.79 Å². The van der Waals surface area contributed by atoms with Crippen molar-refractivity contribution in [2.45, 2.75) is 39.2 Å². The minimum Gasteiger partial charge on any atom is -0.480 e. The maximum absolute atomic E-state index is 12.0. The molecule has 0 heterocycles. The highest BCUT2D eigenvalue weighted by Crippen LogP contribution is 2.14. The zero-order valence-electron chi connectivity index (χ0n) is 11.0. The fourth-order valence-corrected chi connectivity index (χ4v) is 1.75. The number of benzene rings is 1. The lowest BCUT2D eigenvalue weighted by Gasteiger charge is -2.25. The zero-order valence-corrected chi connectivity index (χ0v) is 11.0. The Balaban J connectivity index is 2.85. The van der Waals surface area contributed by atoms with E-state index < -0.39 is 11.5 Å². The van der Waals surface area contributed by atoms with Crippen molar-refractivity contribution >= 4 is 11.9 Å². The first-order valence-corrected chi connectivity index (χ1v) is 6.01. The maximum atomic E-state index is 12.0. The predicted octanol–water partition coefficient (Wildman–Crippen LogP) is 2.37. The second-order valence-electron chi connectivity index (χ2n) is 4.71. The van der Waals surface area contributed by atoms with Crippen molar-refractivity contribution in [3.63, 3.8) is 0 Å². The molecule has 0 aromatic heterocycles. The Kier molecular flexibility index (Phi) is 4.48. The highest BCUT2D eigenvalue weighted by Gasteiger charge is 2.33. The van der Waals surface area contributed by atoms with Gasteiger partial charge in [-0.25, -0.2) is 4.79 Å². The first-order chi connectivity index (χ1) is 8.39. The summed E-state index contributed by atoms with van der Waals surface area (Å²) in [6.45, 7) is 5.35. The van der Waals surface area contributed by atoms with Gasteiger partial charge in [0.15, 0.2) is 0 Å². The Hall–Kier alpha value is -1.84. The maximum Gasteiger partial charge on any atom is 0.329 e. The van der Waals surface area contributed by atoms with E-state index >= 15 is 0 Å². The first-order valence-electron chi connectivity index (χ1n) is 6.01. The fraction of sp³-hybridized carbons (Fsp3) is 0.429. The third-order valence-corrected chi connectivity index (χ3v) is 2.93. The van der Waals surface area contributed by atoms with Gasteiger partial charge in [-0.15, -0.1) is 0 Å². The summed E-state index contributed by atoms with van der Waals surface area (Å²) in [4.78, 5) is 23.2. The van der Waals surface area contributed by atoms with Crippen molar-refractivity contribution in [2.75, 3.05) is 0 Å². The fourth-order valence-electron chi connectivity index (χ4n) is 1.75. The largest absolute Gasteiger partial charge is 0.480 e. The van der Waals surface area contributed by atoms with E-state index in [0.717, 1.165) is 5.56 Å². The molecule has 1 rings (SSSR count). The van der Waals surface area contributed by atoms with Gasteiger partial charge in [0.2, 0.25) is 0 Å². The van der Waals surface area contributed by atoms with E-state index in [1.165, 1.54) is 6.92 Å². The summed E-state index contributed by atoms with van der Waals surface area (Å²) in [6, 6.07) is 7.04. The van der Waals surface area contributed by atoms with E-state index in [4.69, 9.17) is 0 Å². The van der Waals surface area contributed by atoms with Crippen molar-refractivity contribution < 1.29 is 14.7 Å². The van der Waals surface area contributed by atoms with Gasteiger partial charge in [-0.05, 0) is 32.4 Å². The number of hydrogen-bond donors (Lipinski definition) is 2. The SMILES string of the molecule is CCCC(C)(NC(=O)c1ccc(C)cc1)C(=O)O. The van der Waals surface area contributed by atoms with E-state index in [2.05, 4.69) is 5.32 Å². The Morgan fingerprint density at radius 1 is 1.28 bits per heavy atom. The molecule has 0 aliphatic heterocycles. The summed E-state index contributed by atoms with van der Waals surface area (Å²) in [5, 5.41) is 11.8. The van der Waals surface area contributed by atoms with E-state index in [-0.39, 0.29) is 5.91 Å². The number of amides is 1. The number of carboxylic acids is 1. The third-order valence-electron chi connectivity index (χ3n) is 2.93. The van der Waals surface area contributed by atoms with Crippen LogP contribution < -0.4 is 5.32 Å². The Morgan fingerprint density at radius 3 is 2.28 bits per heavy atom. The first kappa shape index (κ1) is 14.2. The Bertz CT molecular complexity index is 439. The number of aryl methyl sites for hydroxylation is 1. The molecule has 0 fully saturated rings. The van der Waals surface area contributed by atoms with Crippen LogP contribution in [0.3, 0.4) is 0 Å². The van der Waals surface area contributed by atoms with E-state index in [1.807, 2.05) is 26.0 Å². The van der Waals surface area contributed by atoms with Gasteiger partial charge in [0.25, 0.3) is 5.91 Å². The minimum atomic E-state index is -1.21. The van der Waals surface area contributed by atoms with Gasteiger partial charge in [-0.1, -0.05) is 31.0 Å². The molecule has 0 bridgehead atoms. The second kappa shape index (κ2) is 5.67. The minimum absolute atomic E-state index is 0.353. The molecule has 1 unspecified atom stereocenters. The lowest BCUT2D eigenvalue weighted by atomic mass is 9.95. The predicted molar refractivity (Wildman–Crippen MR) is 69.6 cm³/mol. The summed E-state index contributed by atoms with van der Waals surface area (Å²) in [7, 11) is 0. The molecule has 0 aliphatic carbocycles. The molecule has 1 atom stereocenters. The molecule has 4 nitrogen and oxygen atoms in total. The summed E-state index contributed by atoms with van der Waals surface area (Å²) < 4.78 is 0. The number of aliphatic carboxylic acids is 1. The van der Waals surface area contributed by atoms with E-state index in [1.54, 1.807) is 12.1 Å². The average molecular weight is 249 g/mol. The highest BCUT2D eigenvalue weighted by molar-refractivity contribution is 5.97. The molecule has 1 amide bonds. The van der Waals surface area contributed by atoms with Crippen LogP contribution in [0.2, 0.25) is 0 Å². The van der Waals surface area contributed by atoms with Gasteiger partial charge in [-0.3, -0.25) is 4.79 Å². The smallest absolute Gasteiger partial charge is 0.329 e. The van der Waals surface area contributed by atoms with Gasteiger partial charge in [0.05, 0.1) is 0 Å². The zero-order chi connectivity index (χ0) is 13.8. The third kappa shape index (κ3) is 3.32. The van der Waals surface area contributed by atoms with E-state index in [0.29, 0.717) is 18.4 Å². The number of rotatable bonds is 5. The van der Waals surface area contributed by atoms with Crippen LogP contribution in [-0.4, -0.2) is 22.5 Å². The normalized spacial score (nSPS) is 13.7. The van der Waals surface area contributed by atoms with Gasteiger partial charge in [0.1, 0.15) is 5.54 Å². The van der Waals surface area contributed by atoms with Crippen LogP contribution >= 0.6 is 0 Å². The van der Waals surface area contributed by atoms with Crippen LogP contribution in [0.15, 0.2) is 24.3 Å². The Labute approximate surface area is 107 Å². The molecule has 0 spiro atoms. The molecule has 0 saturated carbocycles. The lowest BCUT2D eigenvalue weighted by molar-refractivity contribution is -0.144. The van der Waals surface area contributed by atoms with E-state index in [9.17, 15) is 14.7 Å². The van der Waals surface area contributed by atoms with Crippen LogP contribution in [0.4, 0.5) is 0 Å². The molecule has 1 aromatic carbocycles. The molecule has 0 aliphatic rings. The molecule has 0 saturated heterocycles. The topological polar surface area (TPSA) is 66.4 Å². The van der Waals surface area contributed by atoms with Gasteiger partial charge in [-0.2, -0.15) is 0 Å². The molecule has 18 heavy (non-hydrogen) atoms. The molecule has 0 radical (unpaired) electrons. The molecule has 2 N–H and O–H groups in total. The molecule has 4 heteroatoms. The van der Waals surface area contributed by atoms with Crippen molar-refractivity contribution in [3.8, 4) is 0 Å². The summed E-state index contributed by atoms with van der Waals surface area (Å²) in [5.41, 5.74) is 0.321. The van der Waals surface area contributed by atoms with Crippen LogP contribution in [0.25, 0.3) is 0 Å². The van der Waals surface area contributed by atoms with Crippen molar-refractivity contribution in [3.05, 3.63) is 35.4 Å². The van der Waals surface area contributed by atoms with Crippen LogP contribution in [0, 0.1) is 6.92 Å². The number of hydrogen-bond acceptors (Lipinski definition) is 2. The molecular formula is C14H19NO3. The number of carboxylic acid groups (broad SMARTS) is 1. The second-order valence-corrected chi connectivity index (χ2v) is 4.71. The van der Waals surface area contributed by atoms with Crippen LogP contribution in [0.5, 0.6) is 0 Å². The van der Waals surface area contributed by atoms with Gasteiger partial charge >= 0.3 is 5.97 Å². The Morgan fingerprint density at radius 2 is 1.83 bits per heavy atom. The number of carbonyl (C=O) groups excluding carboxylic acids is 1. The molecular weight excluding hydrogens is 230 g/mol.